The summed E-state index contributed by atoms with van der Waals surface area (Å²) in [5, 5.41) is 5.26. The highest BCUT2D eigenvalue weighted by molar-refractivity contribution is 7.99. The number of aromatic nitrogens is 2. The van der Waals surface area contributed by atoms with Gasteiger partial charge in [-0.25, -0.2) is 4.39 Å². The normalized spacial score (nSPS) is 11.2. The van der Waals surface area contributed by atoms with Crippen molar-refractivity contribution in [3.8, 4) is 0 Å². The van der Waals surface area contributed by atoms with Crippen LogP contribution in [0.2, 0.25) is 0 Å². The van der Waals surface area contributed by atoms with Crippen LogP contribution in [0.5, 0.6) is 0 Å². The monoisotopic (exact) mass is 265 g/mol. The summed E-state index contributed by atoms with van der Waals surface area (Å²) in [7, 11) is 1.85. The predicted octanol–water partition coefficient (Wildman–Crippen LogP) is 3.42. The fourth-order valence-corrected chi connectivity index (χ4v) is 2.66. The number of aryl methyl sites for hydroxylation is 1. The number of nitrogens with zero attached hydrogens (tertiary/aromatic N) is 2. The fraction of sp³-hybridized carbons (Fsp3) is 0.308. The second kappa shape index (κ2) is 5.02. The van der Waals surface area contributed by atoms with Crippen LogP contribution in [0.15, 0.2) is 34.2 Å². The first kappa shape index (κ1) is 13.0. The van der Waals surface area contributed by atoms with Crippen LogP contribution in [-0.2, 0) is 7.05 Å². The predicted molar refractivity (Wildman–Crippen MR) is 72.2 cm³/mol. The van der Waals surface area contributed by atoms with E-state index in [4.69, 9.17) is 5.73 Å². The lowest BCUT2D eigenvalue weighted by Gasteiger charge is -2.04. The van der Waals surface area contributed by atoms with Gasteiger partial charge in [0.15, 0.2) is 0 Å². The van der Waals surface area contributed by atoms with Gasteiger partial charge in [0.1, 0.15) is 10.8 Å². The lowest BCUT2D eigenvalue weighted by Crippen LogP contribution is -1.94. The highest BCUT2D eigenvalue weighted by atomic mass is 32.2. The van der Waals surface area contributed by atoms with E-state index in [1.165, 1.54) is 23.9 Å². The molecule has 0 aliphatic heterocycles. The summed E-state index contributed by atoms with van der Waals surface area (Å²) in [4.78, 5) is 0.819. The lowest BCUT2D eigenvalue weighted by molar-refractivity contribution is 0.624. The molecule has 0 saturated heterocycles. The molecular formula is C13H16FN3S. The van der Waals surface area contributed by atoms with E-state index in [-0.39, 0.29) is 11.7 Å². The third kappa shape index (κ3) is 2.51. The molecular weight excluding hydrogens is 249 g/mol. The minimum atomic E-state index is -0.246. The molecule has 2 rings (SSSR count). The molecule has 5 heteroatoms. The van der Waals surface area contributed by atoms with Gasteiger partial charge in [0.25, 0.3) is 0 Å². The van der Waals surface area contributed by atoms with Gasteiger partial charge in [-0.2, -0.15) is 5.10 Å². The second-order valence-electron chi connectivity index (χ2n) is 4.44. The highest BCUT2D eigenvalue weighted by Crippen LogP contribution is 2.35. The number of nitrogen functional groups attached to an aromatic ring is 1. The number of hydrogen-bond acceptors (Lipinski definition) is 3. The van der Waals surface area contributed by atoms with E-state index in [0.717, 1.165) is 15.6 Å². The van der Waals surface area contributed by atoms with Gasteiger partial charge in [0, 0.05) is 11.9 Å². The van der Waals surface area contributed by atoms with Gasteiger partial charge in [-0.15, -0.1) is 0 Å². The zero-order valence-corrected chi connectivity index (χ0v) is 11.5. The van der Waals surface area contributed by atoms with Gasteiger partial charge < -0.3 is 5.73 Å². The quantitative estimate of drug-likeness (QED) is 0.924. The Bertz CT molecular complexity index is 563. The maximum absolute atomic E-state index is 13.1. The summed E-state index contributed by atoms with van der Waals surface area (Å²) in [6.45, 7) is 4.10. The van der Waals surface area contributed by atoms with E-state index < -0.39 is 0 Å². The SMILES string of the molecule is CC(C)c1nn(C)c(Sc2cccc(F)c2)c1N. The Labute approximate surface area is 110 Å². The number of hydrogen-bond donors (Lipinski definition) is 1. The lowest BCUT2D eigenvalue weighted by atomic mass is 10.1. The average Bonchev–Trinajstić information content (AvgIpc) is 2.57. The minimum Gasteiger partial charge on any atom is -0.395 e. The van der Waals surface area contributed by atoms with E-state index in [1.54, 1.807) is 10.7 Å². The van der Waals surface area contributed by atoms with Crippen LogP contribution in [0, 0.1) is 5.82 Å². The molecule has 0 amide bonds. The van der Waals surface area contributed by atoms with Crippen molar-refractivity contribution in [2.45, 2.75) is 29.7 Å². The highest BCUT2D eigenvalue weighted by Gasteiger charge is 2.16. The van der Waals surface area contributed by atoms with Gasteiger partial charge in [-0.1, -0.05) is 31.7 Å². The first-order valence-electron chi connectivity index (χ1n) is 5.75. The first-order valence-corrected chi connectivity index (χ1v) is 6.56. The zero-order valence-electron chi connectivity index (χ0n) is 10.6. The molecule has 1 aromatic heterocycles. The molecule has 0 fully saturated rings. The smallest absolute Gasteiger partial charge is 0.124 e. The maximum Gasteiger partial charge on any atom is 0.124 e. The number of benzene rings is 1. The number of anilines is 1. The molecule has 0 unspecified atom stereocenters. The van der Waals surface area contributed by atoms with E-state index in [1.807, 2.05) is 13.1 Å². The van der Waals surface area contributed by atoms with E-state index in [9.17, 15) is 4.39 Å². The summed E-state index contributed by atoms with van der Waals surface area (Å²) in [6.07, 6.45) is 0. The van der Waals surface area contributed by atoms with Gasteiger partial charge in [-0.3, -0.25) is 4.68 Å². The Kier molecular flexibility index (Phi) is 3.61. The largest absolute Gasteiger partial charge is 0.395 e. The molecule has 0 saturated carbocycles. The van der Waals surface area contributed by atoms with Crippen molar-refractivity contribution < 1.29 is 4.39 Å². The van der Waals surface area contributed by atoms with Crippen molar-refractivity contribution in [3.05, 3.63) is 35.8 Å². The van der Waals surface area contributed by atoms with Crippen molar-refractivity contribution >= 4 is 17.4 Å². The number of rotatable bonds is 3. The summed E-state index contributed by atoms with van der Waals surface area (Å²) >= 11 is 1.43. The van der Waals surface area contributed by atoms with Crippen molar-refractivity contribution in [1.82, 2.24) is 9.78 Å². The van der Waals surface area contributed by atoms with E-state index in [2.05, 4.69) is 18.9 Å². The van der Waals surface area contributed by atoms with Gasteiger partial charge in [-0.05, 0) is 24.1 Å². The summed E-state index contributed by atoms with van der Waals surface area (Å²) in [5.41, 5.74) is 7.66. The number of halogens is 1. The average molecular weight is 265 g/mol. The molecule has 1 aromatic carbocycles. The van der Waals surface area contributed by atoms with Crippen molar-refractivity contribution in [3.63, 3.8) is 0 Å². The van der Waals surface area contributed by atoms with Crippen LogP contribution < -0.4 is 5.73 Å². The first-order chi connectivity index (χ1) is 8.49. The summed E-state index contributed by atoms with van der Waals surface area (Å²) in [5.74, 6) is 0.0304. The molecule has 2 aromatic rings. The van der Waals surface area contributed by atoms with Gasteiger partial charge in [0.2, 0.25) is 0 Å². The summed E-state index contributed by atoms with van der Waals surface area (Å²) < 4.78 is 14.9. The van der Waals surface area contributed by atoms with Crippen LogP contribution in [0.25, 0.3) is 0 Å². The van der Waals surface area contributed by atoms with Gasteiger partial charge >= 0.3 is 0 Å². The molecule has 96 valence electrons. The molecule has 0 radical (unpaired) electrons. The summed E-state index contributed by atoms with van der Waals surface area (Å²) in [6, 6.07) is 6.46. The van der Waals surface area contributed by atoms with Crippen LogP contribution in [0.4, 0.5) is 10.1 Å². The van der Waals surface area contributed by atoms with Crippen LogP contribution in [-0.4, -0.2) is 9.78 Å². The van der Waals surface area contributed by atoms with Crippen LogP contribution in [0.3, 0.4) is 0 Å². The third-order valence-electron chi connectivity index (χ3n) is 2.62. The Morgan fingerprint density at radius 1 is 1.39 bits per heavy atom. The molecule has 1 heterocycles. The van der Waals surface area contributed by atoms with Crippen LogP contribution in [0.1, 0.15) is 25.5 Å². The number of nitrogens with two attached hydrogens (primary N) is 1. The zero-order chi connectivity index (χ0) is 13.3. The van der Waals surface area contributed by atoms with Gasteiger partial charge in [0.05, 0.1) is 11.4 Å². The Hall–Kier alpha value is -1.49. The van der Waals surface area contributed by atoms with Crippen molar-refractivity contribution in [1.29, 1.82) is 0 Å². The fourth-order valence-electron chi connectivity index (χ4n) is 1.73. The molecule has 18 heavy (non-hydrogen) atoms. The molecule has 0 spiro atoms. The minimum absolute atomic E-state index is 0.246. The Morgan fingerprint density at radius 3 is 2.67 bits per heavy atom. The standard InChI is InChI=1S/C13H16FN3S/c1-8(2)12-11(15)13(17(3)16-12)18-10-6-4-5-9(14)7-10/h4-8H,15H2,1-3H3. The van der Waals surface area contributed by atoms with Crippen LogP contribution >= 0.6 is 11.8 Å². The third-order valence-corrected chi connectivity index (χ3v) is 3.78. The van der Waals surface area contributed by atoms with Crippen molar-refractivity contribution in [2.75, 3.05) is 5.73 Å². The Morgan fingerprint density at radius 2 is 2.11 bits per heavy atom. The molecule has 0 bridgehead atoms. The molecule has 0 aliphatic rings. The van der Waals surface area contributed by atoms with E-state index in [0.29, 0.717) is 5.69 Å². The maximum atomic E-state index is 13.1. The van der Waals surface area contributed by atoms with Crippen molar-refractivity contribution in [2.24, 2.45) is 7.05 Å². The Balaban J connectivity index is 2.35. The topological polar surface area (TPSA) is 43.8 Å². The second-order valence-corrected chi connectivity index (χ2v) is 5.50. The van der Waals surface area contributed by atoms with E-state index >= 15 is 0 Å². The molecule has 0 atom stereocenters. The molecule has 2 N–H and O–H groups in total. The molecule has 3 nitrogen and oxygen atoms in total. The molecule has 0 aliphatic carbocycles.